The largest absolute Gasteiger partial charge is 0.335 e. The van der Waals surface area contributed by atoms with Crippen molar-refractivity contribution < 1.29 is 4.79 Å². The molecule has 0 radical (unpaired) electrons. The van der Waals surface area contributed by atoms with Gasteiger partial charge in [-0.2, -0.15) is 0 Å². The molecule has 1 saturated heterocycles. The first-order valence-corrected chi connectivity index (χ1v) is 7.04. The summed E-state index contributed by atoms with van der Waals surface area (Å²) in [5.74, 6) is 7.31. The SMILES string of the molecule is CC1CC(=O)N(Cc2nc(NN)c3ccsc3n2)C1. The van der Waals surface area contributed by atoms with Gasteiger partial charge in [0.2, 0.25) is 5.91 Å². The highest BCUT2D eigenvalue weighted by molar-refractivity contribution is 7.16. The van der Waals surface area contributed by atoms with Crippen LogP contribution in [0.1, 0.15) is 19.2 Å². The Kier molecular flexibility index (Phi) is 3.08. The molecule has 2 aromatic rings. The molecule has 3 N–H and O–H groups in total. The van der Waals surface area contributed by atoms with Crippen LogP contribution in [0.15, 0.2) is 11.4 Å². The Labute approximate surface area is 114 Å². The van der Waals surface area contributed by atoms with Crippen molar-refractivity contribution >= 4 is 33.3 Å². The number of hydrazine groups is 1. The van der Waals surface area contributed by atoms with Crippen molar-refractivity contribution in [3.05, 3.63) is 17.3 Å². The maximum atomic E-state index is 11.8. The predicted octanol–water partition coefficient (Wildman–Crippen LogP) is 1.35. The number of nitrogens with zero attached hydrogens (tertiary/aromatic N) is 3. The van der Waals surface area contributed by atoms with Gasteiger partial charge >= 0.3 is 0 Å². The molecule has 7 heteroatoms. The zero-order valence-electron chi connectivity index (χ0n) is 10.6. The van der Waals surface area contributed by atoms with Crippen LogP contribution in [0.4, 0.5) is 5.82 Å². The molecule has 0 aromatic carbocycles. The Morgan fingerprint density at radius 1 is 1.58 bits per heavy atom. The van der Waals surface area contributed by atoms with Crippen LogP contribution in [0.2, 0.25) is 0 Å². The number of likely N-dealkylation sites (tertiary alicyclic amines) is 1. The topological polar surface area (TPSA) is 84.1 Å². The zero-order valence-corrected chi connectivity index (χ0v) is 11.4. The Bertz CT molecular complexity index is 626. The second kappa shape index (κ2) is 4.75. The van der Waals surface area contributed by atoms with E-state index < -0.39 is 0 Å². The molecule has 1 unspecified atom stereocenters. The third-order valence-electron chi connectivity index (χ3n) is 3.25. The van der Waals surface area contributed by atoms with E-state index in [4.69, 9.17) is 5.84 Å². The summed E-state index contributed by atoms with van der Waals surface area (Å²) in [5.41, 5.74) is 2.59. The van der Waals surface area contributed by atoms with Gasteiger partial charge in [0.25, 0.3) is 0 Å². The lowest BCUT2D eigenvalue weighted by molar-refractivity contribution is -0.128. The highest BCUT2D eigenvalue weighted by Crippen LogP contribution is 2.25. The van der Waals surface area contributed by atoms with Crippen LogP contribution in [0.25, 0.3) is 10.2 Å². The smallest absolute Gasteiger partial charge is 0.223 e. The lowest BCUT2D eigenvalue weighted by atomic mass is 10.2. The van der Waals surface area contributed by atoms with E-state index in [9.17, 15) is 4.79 Å². The van der Waals surface area contributed by atoms with E-state index in [1.54, 1.807) is 16.2 Å². The second-order valence-electron chi connectivity index (χ2n) is 4.86. The molecule has 3 heterocycles. The molecular weight excluding hydrogens is 262 g/mol. The van der Waals surface area contributed by atoms with Gasteiger partial charge in [-0.1, -0.05) is 6.92 Å². The van der Waals surface area contributed by atoms with Gasteiger partial charge in [-0.3, -0.25) is 4.79 Å². The van der Waals surface area contributed by atoms with E-state index in [0.29, 0.717) is 30.5 Å². The summed E-state index contributed by atoms with van der Waals surface area (Å²) >= 11 is 1.54. The molecular formula is C12H15N5OS. The van der Waals surface area contributed by atoms with Gasteiger partial charge in [-0.25, -0.2) is 15.8 Å². The van der Waals surface area contributed by atoms with Gasteiger partial charge in [-0.05, 0) is 17.4 Å². The van der Waals surface area contributed by atoms with E-state index in [-0.39, 0.29) is 5.91 Å². The molecule has 19 heavy (non-hydrogen) atoms. The summed E-state index contributed by atoms with van der Waals surface area (Å²) in [7, 11) is 0. The van der Waals surface area contributed by atoms with Crippen LogP contribution in [-0.4, -0.2) is 27.3 Å². The summed E-state index contributed by atoms with van der Waals surface area (Å²) in [6, 6.07) is 1.93. The summed E-state index contributed by atoms with van der Waals surface area (Å²) in [6.07, 6.45) is 0.614. The van der Waals surface area contributed by atoms with Gasteiger partial charge in [0.15, 0.2) is 11.6 Å². The normalized spacial score (nSPS) is 19.4. The fourth-order valence-corrected chi connectivity index (χ4v) is 3.16. The van der Waals surface area contributed by atoms with Crippen molar-refractivity contribution in [2.24, 2.45) is 11.8 Å². The lowest BCUT2D eigenvalue weighted by Gasteiger charge is -2.15. The number of nitrogens with one attached hydrogen (secondary N) is 1. The number of rotatable bonds is 3. The average Bonchev–Trinajstić information content (AvgIpc) is 2.95. The molecule has 0 spiro atoms. The second-order valence-corrected chi connectivity index (χ2v) is 5.75. The summed E-state index contributed by atoms with van der Waals surface area (Å²) in [6.45, 7) is 3.30. The lowest BCUT2D eigenvalue weighted by Crippen LogP contribution is -2.26. The number of carbonyl (C=O) groups excluding carboxylic acids is 1. The van der Waals surface area contributed by atoms with Crippen molar-refractivity contribution in [1.82, 2.24) is 14.9 Å². The average molecular weight is 277 g/mol. The predicted molar refractivity (Wildman–Crippen MR) is 74.4 cm³/mol. The monoisotopic (exact) mass is 277 g/mol. The molecule has 2 aromatic heterocycles. The van der Waals surface area contributed by atoms with E-state index in [0.717, 1.165) is 16.8 Å². The van der Waals surface area contributed by atoms with Crippen molar-refractivity contribution in [3.8, 4) is 0 Å². The highest BCUT2D eigenvalue weighted by Gasteiger charge is 2.27. The number of amides is 1. The molecule has 1 amide bonds. The number of nitrogen functional groups attached to an aromatic ring is 1. The van der Waals surface area contributed by atoms with Crippen LogP contribution in [0.3, 0.4) is 0 Å². The number of nitrogens with two attached hydrogens (primary N) is 1. The summed E-state index contributed by atoms with van der Waals surface area (Å²) in [4.78, 5) is 23.3. The molecule has 1 aliphatic heterocycles. The number of aromatic nitrogens is 2. The van der Waals surface area contributed by atoms with E-state index in [2.05, 4.69) is 22.3 Å². The molecule has 1 fully saturated rings. The van der Waals surface area contributed by atoms with Crippen LogP contribution >= 0.6 is 11.3 Å². The van der Waals surface area contributed by atoms with E-state index >= 15 is 0 Å². The molecule has 3 rings (SSSR count). The number of carbonyl (C=O) groups is 1. The minimum atomic E-state index is 0.171. The highest BCUT2D eigenvalue weighted by atomic mass is 32.1. The van der Waals surface area contributed by atoms with Crippen molar-refractivity contribution in [2.75, 3.05) is 12.0 Å². The Morgan fingerprint density at radius 3 is 3.11 bits per heavy atom. The number of thiophene rings is 1. The fourth-order valence-electron chi connectivity index (χ4n) is 2.37. The molecule has 0 aliphatic carbocycles. The van der Waals surface area contributed by atoms with Gasteiger partial charge in [-0.15, -0.1) is 11.3 Å². The molecule has 6 nitrogen and oxygen atoms in total. The summed E-state index contributed by atoms with van der Waals surface area (Å²) < 4.78 is 0. The summed E-state index contributed by atoms with van der Waals surface area (Å²) in [5, 5.41) is 2.87. The quantitative estimate of drug-likeness (QED) is 0.653. The maximum Gasteiger partial charge on any atom is 0.223 e. The van der Waals surface area contributed by atoms with Crippen LogP contribution in [0.5, 0.6) is 0 Å². The number of anilines is 1. The Balaban J connectivity index is 1.90. The first-order valence-electron chi connectivity index (χ1n) is 6.16. The maximum absolute atomic E-state index is 11.8. The minimum Gasteiger partial charge on any atom is -0.335 e. The van der Waals surface area contributed by atoms with Crippen molar-refractivity contribution in [3.63, 3.8) is 0 Å². The van der Waals surface area contributed by atoms with Crippen molar-refractivity contribution in [1.29, 1.82) is 0 Å². The molecule has 1 atom stereocenters. The van der Waals surface area contributed by atoms with Gasteiger partial charge in [0.05, 0.1) is 11.9 Å². The van der Waals surface area contributed by atoms with Crippen LogP contribution < -0.4 is 11.3 Å². The number of hydrogen-bond donors (Lipinski definition) is 2. The van der Waals surface area contributed by atoms with E-state index in [1.165, 1.54) is 0 Å². The standard InChI is InChI=1S/C12H15N5OS/c1-7-4-10(18)17(5-7)6-9-14-11(16-13)8-2-3-19-12(8)15-9/h2-3,7H,4-6,13H2,1H3,(H,14,15,16). The molecule has 100 valence electrons. The van der Waals surface area contributed by atoms with Gasteiger partial charge in [0, 0.05) is 13.0 Å². The molecule has 1 aliphatic rings. The van der Waals surface area contributed by atoms with Crippen LogP contribution in [0, 0.1) is 5.92 Å². The fraction of sp³-hybridized carbons (Fsp3) is 0.417. The molecule has 0 bridgehead atoms. The zero-order chi connectivity index (χ0) is 13.4. The van der Waals surface area contributed by atoms with Gasteiger partial charge in [0.1, 0.15) is 4.83 Å². The number of hydrogen-bond acceptors (Lipinski definition) is 6. The number of fused-ring (bicyclic) bond motifs is 1. The molecule has 0 saturated carbocycles. The third-order valence-corrected chi connectivity index (χ3v) is 4.05. The minimum absolute atomic E-state index is 0.171. The Morgan fingerprint density at radius 2 is 2.42 bits per heavy atom. The third kappa shape index (κ3) is 2.26. The van der Waals surface area contributed by atoms with Crippen LogP contribution in [-0.2, 0) is 11.3 Å². The first-order chi connectivity index (χ1) is 9.17. The Hall–Kier alpha value is -1.73. The van der Waals surface area contributed by atoms with Crippen molar-refractivity contribution in [2.45, 2.75) is 19.9 Å². The van der Waals surface area contributed by atoms with Gasteiger partial charge < -0.3 is 10.3 Å². The van der Waals surface area contributed by atoms with E-state index in [1.807, 2.05) is 11.4 Å². The first kappa shape index (κ1) is 12.3.